The highest BCUT2D eigenvalue weighted by Gasteiger charge is 2.24. The summed E-state index contributed by atoms with van der Waals surface area (Å²) < 4.78 is 5.64. The van der Waals surface area contributed by atoms with Crippen LogP contribution in [0.5, 0.6) is 0 Å². The molecule has 3 aromatic rings. The van der Waals surface area contributed by atoms with Crippen molar-refractivity contribution in [2.75, 3.05) is 11.1 Å². The average Bonchev–Trinajstić information content (AvgIpc) is 3.31. The zero-order chi connectivity index (χ0) is 20.9. The van der Waals surface area contributed by atoms with E-state index in [2.05, 4.69) is 18.3 Å². The second kappa shape index (κ2) is 9.19. The van der Waals surface area contributed by atoms with E-state index in [1.54, 1.807) is 6.26 Å². The van der Waals surface area contributed by atoms with E-state index in [-0.39, 0.29) is 11.7 Å². The van der Waals surface area contributed by atoms with Crippen LogP contribution in [-0.4, -0.2) is 16.6 Å². The van der Waals surface area contributed by atoms with Gasteiger partial charge in [0.2, 0.25) is 5.91 Å². The molecule has 4 rings (SSSR count). The Labute approximate surface area is 180 Å². The standard InChI is InChI=1S/C24H23N3O2S/c1-2-16-9-11-17(12-10-16)26-22(28)15-30-24-19(14-25)23(21-8-5-13-29-21)18-6-3-4-7-20(18)27-24/h5,8-13H,2-4,6-7,15H2,1H3,(H,26,28). The van der Waals surface area contributed by atoms with Gasteiger partial charge in [-0.3, -0.25) is 4.79 Å². The Morgan fingerprint density at radius 2 is 2.03 bits per heavy atom. The lowest BCUT2D eigenvalue weighted by Crippen LogP contribution is -2.15. The highest BCUT2D eigenvalue weighted by atomic mass is 32.2. The Balaban J connectivity index is 1.57. The number of hydrogen-bond acceptors (Lipinski definition) is 5. The minimum atomic E-state index is -0.118. The summed E-state index contributed by atoms with van der Waals surface area (Å²) in [5.74, 6) is 0.759. The number of pyridine rings is 1. The van der Waals surface area contributed by atoms with E-state index >= 15 is 0 Å². The Kier molecular flexibility index (Phi) is 6.20. The summed E-state index contributed by atoms with van der Waals surface area (Å²) in [6.07, 6.45) is 6.53. The fraction of sp³-hybridized carbons (Fsp3) is 0.292. The van der Waals surface area contributed by atoms with Crippen molar-refractivity contribution >= 4 is 23.4 Å². The summed E-state index contributed by atoms with van der Waals surface area (Å²) in [6, 6.07) is 13.9. The van der Waals surface area contributed by atoms with Crippen LogP contribution in [-0.2, 0) is 24.1 Å². The van der Waals surface area contributed by atoms with Gasteiger partial charge in [-0.25, -0.2) is 4.98 Å². The third-order valence-electron chi connectivity index (χ3n) is 5.31. The van der Waals surface area contributed by atoms with Gasteiger partial charge >= 0.3 is 0 Å². The van der Waals surface area contributed by atoms with Crippen molar-refractivity contribution in [3.8, 4) is 17.4 Å². The van der Waals surface area contributed by atoms with E-state index in [9.17, 15) is 10.1 Å². The van der Waals surface area contributed by atoms with E-state index in [0.29, 0.717) is 16.3 Å². The van der Waals surface area contributed by atoms with Crippen molar-refractivity contribution in [1.29, 1.82) is 5.26 Å². The lowest BCUT2D eigenvalue weighted by molar-refractivity contribution is -0.113. The van der Waals surface area contributed by atoms with Gasteiger partial charge in [0, 0.05) is 16.9 Å². The Morgan fingerprint density at radius 1 is 1.23 bits per heavy atom. The lowest BCUT2D eigenvalue weighted by Gasteiger charge is -2.20. The lowest BCUT2D eigenvalue weighted by atomic mass is 9.89. The number of aryl methyl sites for hydroxylation is 2. The maximum absolute atomic E-state index is 12.5. The first-order valence-corrected chi connectivity index (χ1v) is 11.2. The van der Waals surface area contributed by atoms with Crippen LogP contribution in [0.1, 0.15) is 42.1 Å². The minimum absolute atomic E-state index is 0.118. The van der Waals surface area contributed by atoms with Crippen molar-refractivity contribution < 1.29 is 9.21 Å². The van der Waals surface area contributed by atoms with Crippen LogP contribution in [0.2, 0.25) is 0 Å². The molecule has 1 aliphatic rings. The van der Waals surface area contributed by atoms with Gasteiger partial charge in [0.25, 0.3) is 0 Å². The highest BCUT2D eigenvalue weighted by Crippen LogP contribution is 2.38. The first-order valence-electron chi connectivity index (χ1n) is 10.2. The number of furan rings is 1. The van der Waals surface area contributed by atoms with Gasteiger partial charge in [0.05, 0.1) is 17.6 Å². The highest BCUT2D eigenvalue weighted by molar-refractivity contribution is 8.00. The number of nitriles is 1. The maximum Gasteiger partial charge on any atom is 0.234 e. The average molecular weight is 418 g/mol. The number of carbonyl (C=O) groups excluding carboxylic acids is 1. The van der Waals surface area contributed by atoms with Gasteiger partial charge in [-0.1, -0.05) is 30.8 Å². The largest absolute Gasteiger partial charge is 0.464 e. The first kappa shape index (κ1) is 20.2. The van der Waals surface area contributed by atoms with E-state index < -0.39 is 0 Å². The van der Waals surface area contributed by atoms with Gasteiger partial charge in [0.1, 0.15) is 16.9 Å². The van der Waals surface area contributed by atoms with E-state index in [4.69, 9.17) is 9.40 Å². The topological polar surface area (TPSA) is 78.9 Å². The number of rotatable bonds is 6. The predicted octanol–water partition coefficient (Wildman–Crippen LogP) is 5.39. The smallest absolute Gasteiger partial charge is 0.234 e. The number of nitrogens with zero attached hydrogens (tertiary/aromatic N) is 2. The molecular formula is C24H23N3O2S. The molecule has 30 heavy (non-hydrogen) atoms. The predicted molar refractivity (Wildman–Crippen MR) is 118 cm³/mol. The van der Waals surface area contributed by atoms with E-state index in [0.717, 1.165) is 54.6 Å². The van der Waals surface area contributed by atoms with Crippen LogP contribution >= 0.6 is 11.8 Å². The summed E-state index contributed by atoms with van der Waals surface area (Å²) in [5, 5.41) is 13.4. The summed E-state index contributed by atoms with van der Waals surface area (Å²) in [6.45, 7) is 2.10. The zero-order valence-electron chi connectivity index (χ0n) is 16.9. The summed E-state index contributed by atoms with van der Waals surface area (Å²) >= 11 is 1.30. The van der Waals surface area contributed by atoms with Gasteiger partial charge in [0.15, 0.2) is 0 Å². The molecule has 2 heterocycles. The van der Waals surface area contributed by atoms with Crippen LogP contribution in [0.15, 0.2) is 52.1 Å². The van der Waals surface area contributed by atoms with E-state index in [1.807, 2.05) is 36.4 Å². The number of amides is 1. The molecule has 0 radical (unpaired) electrons. The van der Waals surface area contributed by atoms with Gasteiger partial charge in [-0.15, -0.1) is 0 Å². The Hall–Kier alpha value is -3.04. The fourth-order valence-corrected chi connectivity index (χ4v) is 4.58. The molecule has 152 valence electrons. The Bertz CT molecular complexity index is 1080. The molecule has 1 amide bonds. The number of hydrogen-bond donors (Lipinski definition) is 1. The molecule has 0 saturated heterocycles. The zero-order valence-corrected chi connectivity index (χ0v) is 17.7. The molecule has 0 saturated carbocycles. The quantitative estimate of drug-likeness (QED) is 0.544. The molecule has 1 aromatic carbocycles. The minimum Gasteiger partial charge on any atom is -0.464 e. The second-order valence-corrected chi connectivity index (χ2v) is 8.24. The molecular weight excluding hydrogens is 394 g/mol. The van der Waals surface area contributed by atoms with Gasteiger partial charge < -0.3 is 9.73 Å². The summed E-state index contributed by atoms with van der Waals surface area (Å²) in [5.41, 5.74) is 5.46. The summed E-state index contributed by atoms with van der Waals surface area (Å²) in [7, 11) is 0. The SMILES string of the molecule is CCc1ccc(NC(=O)CSc2nc3c(c(-c4ccco4)c2C#N)CCCC3)cc1. The van der Waals surface area contributed by atoms with Crippen molar-refractivity contribution in [1.82, 2.24) is 4.98 Å². The van der Waals surface area contributed by atoms with Gasteiger partial charge in [-0.2, -0.15) is 5.26 Å². The van der Waals surface area contributed by atoms with Crippen molar-refractivity contribution in [3.05, 3.63) is 65.0 Å². The number of aromatic nitrogens is 1. The normalized spacial score (nSPS) is 12.8. The monoisotopic (exact) mass is 417 g/mol. The van der Waals surface area contributed by atoms with Crippen LogP contribution in [0.3, 0.4) is 0 Å². The number of fused-ring (bicyclic) bond motifs is 1. The third-order valence-corrected chi connectivity index (χ3v) is 6.28. The molecule has 5 nitrogen and oxygen atoms in total. The number of benzene rings is 1. The third kappa shape index (κ3) is 4.27. The van der Waals surface area contributed by atoms with Crippen molar-refractivity contribution in [2.45, 2.75) is 44.1 Å². The van der Waals surface area contributed by atoms with Crippen LogP contribution in [0.4, 0.5) is 5.69 Å². The number of anilines is 1. The van der Waals surface area contributed by atoms with Crippen LogP contribution in [0.25, 0.3) is 11.3 Å². The number of nitrogens with one attached hydrogen (secondary N) is 1. The molecule has 0 atom stereocenters. The molecule has 1 aliphatic carbocycles. The molecule has 2 aromatic heterocycles. The molecule has 1 N–H and O–H groups in total. The molecule has 0 spiro atoms. The van der Waals surface area contributed by atoms with Gasteiger partial charge in [-0.05, 0) is 67.5 Å². The molecule has 0 unspecified atom stereocenters. The number of thioether (sulfide) groups is 1. The molecule has 0 bridgehead atoms. The molecule has 0 aliphatic heterocycles. The van der Waals surface area contributed by atoms with Crippen molar-refractivity contribution in [3.63, 3.8) is 0 Å². The fourth-order valence-electron chi connectivity index (χ4n) is 3.77. The molecule has 6 heteroatoms. The summed E-state index contributed by atoms with van der Waals surface area (Å²) in [4.78, 5) is 17.3. The Morgan fingerprint density at radius 3 is 2.73 bits per heavy atom. The second-order valence-electron chi connectivity index (χ2n) is 7.28. The van der Waals surface area contributed by atoms with Crippen LogP contribution in [0, 0.1) is 11.3 Å². The van der Waals surface area contributed by atoms with E-state index in [1.165, 1.54) is 17.3 Å². The first-order chi connectivity index (χ1) is 14.7. The van der Waals surface area contributed by atoms with Crippen molar-refractivity contribution in [2.24, 2.45) is 0 Å². The maximum atomic E-state index is 12.5. The van der Waals surface area contributed by atoms with Crippen LogP contribution < -0.4 is 5.32 Å². The number of carbonyl (C=O) groups is 1. The molecule has 0 fully saturated rings.